The second-order valence-corrected chi connectivity index (χ2v) is 7.43. The van der Waals surface area contributed by atoms with Gasteiger partial charge in [0.1, 0.15) is 0 Å². The molecule has 0 saturated carbocycles. The first-order valence-corrected chi connectivity index (χ1v) is 9.81. The fourth-order valence-electron chi connectivity index (χ4n) is 3.86. The van der Waals surface area contributed by atoms with Gasteiger partial charge in [-0.05, 0) is 37.1 Å². The summed E-state index contributed by atoms with van der Waals surface area (Å²) in [7, 11) is 0. The minimum Gasteiger partial charge on any atom is -0.361 e. The van der Waals surface area contributed by atoms with E-state index in [1.165, 1.54) is 23.8 Å². The molecule has 1 aliphatic heterocycles. The molecule has 156 valence electrons. The van der Waals surface area contributed by atoms with Crippen molar-refractivity contribution in [2.75, 3.05) is 18.4 Å². The highest BCUT2D eigenvalue weighted by Crippen LogP contribution is 2.35. The first-order chi connectivity index (χ1) is 14.3. The molecule has 0 aliphatic carbocycles. The molecular formula is C23H22F3N3O. The standard InChI is InChI=1S/C23H22F3N3O/c1-15(22(30)28-21-9-5-3-7-19(21)23(24,25)26)29-12-10-16(11-13-29)18-14-27-20-8-4-2-6-17(18)20/h2-10,14-15,27H,11-13H2,1H3,(H,28,30). The van der Waals surface area contributed by atoms with Crippen LogP contribution in [0.3, 0.4) is 0 Å². The van der Waals surface area contributed by atoms with Crippen LogP contribution < -0.4 is 5.32 Å². The van der Waals surface area contributed by atoms with Crippen molar-refractivity contribution in [1.29, 1.82) is 0 Å². The van der Waals surface area contributed by atoms with Crippen LogP contribution in [0.15, 0.2) is 60.8 Å². The van der Waals surface area contributed by atoms with E-state index in [1.807, 2.05) is 29.3 Å². The summed E-state index contributed by atoms with van der Waals surface area (Å²) in [6.07, 6.45) is 0.330. The van der Waals surface area contributed by atoms with Crippen LogP contribution >= 0.6 is 0 Å². The zero-order chi connectivity index (χ0) is 21.3. The van der Waals surface area contributed by atoms with Crippen molar-refractivity contribution in [3.8, 4) is 0 Å². The molecule has 1 aliphatic rings. The molecule has 1 atom stereocenters. The van der Waals surface area contributed by atoms with Crippen molar-refractivity contribution in [3.63, 3.8) is 0 Å². The zero-order valence-corrected chi connectivity index (χ0v) is 16.5. The van der Waals surface area contributed by atoms with Gasteiger partial charge in [-0.25, -0.2) is 0 Å². The molecule has 0 bridgehead atoms. The first kappa shape index (κ1) is 20.2. The summed E-state index contributed by atoms with van der Waals surface area (Å²) >= 11 is 0. The molecule has 2 N–H and O–H groups in total. The maximum absolute atomic E-state index is 13.2. The van der Waals surface area contributed by atoms with Gasteiger partial charge in [-0.2, -0.15) is 13.2 Å². The SMILES string of the molecule is CC(C(=O)Nc1ccccc1C(F)(F)F)N1CC=C(c2c[nH]c3ccccc23)CC1. The Kier molecular flexibility index (Phi) is 5.39. The summed E-state index contributed by atoms with van der Waals surface area (Å²) in [6, 6.07) is 12.6. The van der Waals surface area contributed by atoms with E-state index in [9.17, 15) is 18.0 Å². The van der Waals surface area contributed by atoms with Gasteiger partial charge in [-0.1, -0.05) is 36.4 Å². The topological polar surface area (TPSA) is 48.1 Å². The molecule has 4 rings (SSSR count). The van der Waals surface area contributed by atoms with Gasteiger partial charge in [0.05, 0.1) is 17.3 Å². The largest absolute Gasteiger partial charge is 0.418 e. The number of H-pyrrole nitrogens is 1. The minimum absolute atomic E-state index is 0.214. The van der Waals surface area contributed by atoms with Crippen LogP contribution in [0.1, 0.15) is 24.5 Å². The van der Waals surface area contributed by atoms with E-state index < -0.39 is 23.7 Å². The lowest BCUT2D eigenvalue weighted by Crippen LogP contribution is -2.44. The number of benzene rings is 2. The van der Waals surface area contributed by atoms with Gasteiger partial charge in [0.15, 0.2) is 0 Å². The number of nitrogens with zero attached hydrogens (tertiary/aromatic N) is 1. The number of fused-ring (bicyclic) bond motifs is 1. The molecule has 0 radical (unpaired) electrons. The number of carbonyl (C=O) groups is 1. The summed E-state index contributed by atoms with van der Waals surface area (Å²) in [5.41, 5.74) is 2.38. The van der Waals surface area contributed by atoms with E-state index in [2.05, 4.69) is 22.4 Å². The summed E-state index contributed by atoms with van der Waals surface area (Å²) in [5, 5.41) is 3.61. The van der Waals surface area contributed by atoms with Crippen molar-refractivity contribution in [1.82, 2.24) is 9.88 Å². The third-order valence-corrected chi connectivity index (χ3v) is 5.59. The van der Waals surface area contributed by atoms with Crippen molar-refractivity contribution >= 4 is 28.1 Å². The van der Waals surface area contributed by atoms with Gasteiger partial charge in [-0.15, -0.1) is 0 Å². The van der Waals surface area contributed by atoms with Gasteiger partial charge in [0.25, 0.3) is 0 Å². The lowest BCUT2D eigenvalue weighted by molar-refractivity contribution is -0.137. The van der Waals surface area contributed by atoms with Gasteiger partial charge >= 0.3 is 6.18 Å². The quantitative estimate of drug-likeness (QED) is 0.610. The summed E-state index contributed by atoms with van der Waals surface area (Å²) in [6.45, 7) is 2.93. The highest BCUT2D eigenvalue weighted by Gasteiger charge is 2.34. The number of rotatable bonds is 4. The van der Waals surface area contributed by atoms with Gasteiger partial charge in [-0.3, -0.25) is 9.69 Å². The Morgan fingerprint density at radius 2 is 1.87 bits per heavy atom. The molecule has 7 heteroatoms. The number of carbonyl (C=O) groups excluding carboxylic acids is 1. The number of para-hydroxylation sites is 2. The van der Waals surface area contributed by atoms with Crippen LogP contribution in [0.25, 0.3) is 16.5 Å². The summed E-state index contributed by atoms with van der Waals surface area (Å²) in [5.74, 6) is -0.448. The summed E-state index contributed by atoms with van der Waals surface area (Å²) in [4.78, 5) is 17.9. The molecule has 4 nitrogen and oxygen atoms in total. The van der Waals surface area contributed by atoms with Gasteiger partial charge in [0.2, 0.25) is 5.91 Å². The smallest absolute Gasteiger partial charge is 0.361 e. The third-order valence-electron chi connectivity index (χ3n) is 5.59. The van der Waals surface area contributed by atoms with Crippen molar-refractivity contribution in [2.24, 2.45) is 0 Å². The number of aromatic nitrogens is 1. The molecule has 1 aromatic heterocycles. The second-order valence-electron chi connectivity index (χ2n) is 7.43. The molecule has 2 aromatic carbocycles. The van der Waals surface area contributed by atoms with Crippen molar-refractivity contribution in [3.05, 3.63) is 71.9 Å². The van der Waals surface area contributed by atoms with E-state index in [1.54, 1.807) is 6.92 Å². The Morgan fingerprint density at radius 1 is 1.13 bits per heavy atom. The molecule has 1 amide bonds. The van der Waals surface area contributed by atoms with Crippen LogP contribution in [0, 0.1) is 0 Å². The maximum atomic E-state index is 13.2. The molecule has 0 fully saturated rings. The lowest BCUT2D eigenvalue weighted by atomic mass is 9.98. The Morgan fingerprint density at radius 3 is 2.60 bits per heavy atom. The lowest BCUT2D eigenvalue weighted by Gasteiger charge is -2.31. The number of halogens is 3. The number of hydrogen-bond acceptors (Lipinski definition) is 2. The van der Waals surface area contributed by atoms with E-state index in [-0.39, 0.29) is 5.69 Å². The second kappa shape index (κ2) is 7.99. The first-order valence-electron chi connectivity index (χ1n) is 9.81. The average Bonchev–Trinajstić information content (AvgIpc) is 3.17. The maximum Gasteiger partial charge on any atom is 0.418 e. The number of amides is 1. The molecule has 0 spiro atoms. The minimum atomic E-state index is -4.52. The van der Waals surface area contributed by atoms with Crippen molar-refractivity contribution in [2.45, 2.75) is 25.6 Å². The summed E-state index contributed by atoms with van der Waals surface area (Å²) < 4.78 is 39.5. The molecule has 2 heterocycles. The predicted molar refractivity (Wildman–Crippen MR) is 112 cm³/mol. The Labute approximate surface area is 172 Å². The van der Waals surface area contributed by atoms with E-state index in [4.69, 9.17) is 0 Å². The van der Waals surface area contributed by atoms with E-state index in [0.29, 0.717) is 13.1 Å². The highest BCUT2D eigenvalue weighted by molar-refractivity contribution is 5.96. The van der Waals surface area contributed by atoms with Crippen molar-refractivity contribution < 1.29 is 18.0 Å². The number of alkyl halides is 3. The average molecular weight is 413 g/mol. The fraction of sp³-hybridized carbons (Fsp3) is 0.261. The van der Waals surface area contributed by atoms with Gasteiger partial charge < -0.3 is 10.3 Å². The number of hydrogen-bond donors (Lipinski definition) is 2. The Hall–Kier alpha value is -3.06. The number of aromatic amines is 1. The van der Waals surface area contributed by atoms with E-state index in [0.717, 1.165) is 29.0 Å². The predicted octanol–water partition coefficient (Wildman–Crippen LogP) is 5.30. The Balaban J connectivity index is 1.46. The molecule has 30 heavy (non-hydrogen) atoms. The number of nitrogens with one attached hydrogen (secondary N) is 2. The highest BCUT2D eigenvalue weighted by atomic mass is 19.4. The van der Waals surface area contributed by atoms with Crippen LogP contribution in [0.5, 0.6) is 0 Å². The van der Waals surface area contributed by atoms with Gasteiger partial charge in [0, 0.05) is 35.8 Å². The van der Waals surface area contributed by atoms with Crippen LogP contribution in [-0.4, -0.2) is 34.9 Å². The van der Waals surface area contributed by atoms with Crippen LogP contribution in [0.2, 0.25) is 0 Å². The van der Waals surface area contributed by atoms with Crippen LogP contribution in [0.4, 0.5) is 18.9 Å². The van der Waals surface area contributed by atoms with Crippen LogP contribution in [-0.2, 0) is 11.0 Å². The zero-order valence-electron chi connectivity index (χ0n) is 16.5. The molecule has 0 saturated heterocycles. The fourth-order valence-corrected chi connectivity index (χ4v) is 3.86. The molecular weight excluding hydrogens is 391 g/mol. The van der Waals surface area contributed by atoms with E-state index >= 15 is 0 Å². The monoisotopic (exact) mass is 413 g/mol. The molecule has 1 unspecified atom stereocenters. The normalized spacial score (nSPS) is 16.3. The Bertz CT molecular complexity index is 1100. The number of anilines is 1. The third kappa shape index (κ3) is 3.98. The molecule has 3 aromatic rings.